The fraction of sp³-hybridized carbons (Fsp3) is 0.400. The van der Waals surface area contributed by atoms with E-state index in [0.29, 0.717) is 12.0 Å². The van der Waals surface area contributed by atoms with Crippen LogP contribution >= 0.6 is 0 Å². The average molecular weight is 219 g/mol. The predicted molar refractivity (Wildman–Crippen MR) is 50.3 cm³/mol. The largest absolute Gasteiger partial charge is 0.573 e. The normalized spacial score (nSPS) is 13.7. The van der Waals surface area contributed by atoms with Gasteiger partial charge >= 0.3 is 6.36 Å². The van der Waals surface area contributed by atoms with E-state index in [2.05, 4.69) is 4.74 Å². The SMILES string of the molecule is CC[C@@H](N)c1cccc(OC(F)(F)F)c1. The molecule has 84 valence electrons. The molecule has 0 bridgehead atoms. The van der Waals surface area contributed by atoms with Gasteiger partial charge in [0.2, 0.25) is 0 Å². The molecule has 0 aliphatic heterocycles. The van der Waals surface area contributed by atoms with E-state index in [1.165, 1.54) is 18.2 Å². The Bertz CT molecular complexity index is 325. The molecule has 2 nitrogen and oxygen atoms in total. The van der Waals surface area contributed by atoms with Crippen molar-refractivity contribution < 1.29 is 17.9 Å². The highest BCUT2D eigenvalue weighted by molar-refractivity contribution is 5.30. The third-order valence-corrected chi connectivity index (χ3v) is 1.96. The Balaban J connectivity index is 2.83. The quantitative estimate of drug-likeness (QED) is 0.848. The van der Waals surface area contributed by atoms with Crippen LogP contribution in [0, 0.1) is 0 Å². The van der Waals surface area contributed by atoms with Crippen LogP contribution in [0.5, 0.6) is 5.75 Å². The maximum absolute atomic E-state index is 11.9. The molecule has 0 radical (unpaired) electrons. The molecule has 0 unspecified atom stereocenters. The van der Waals surface area contributed by atoms with Crippen LogP contribution in [0.3, 0.4) is 0 Å². The van der Waals surface area contributed by atoms with Gasteiger partial charge in [-0.15, -0.1) is 13.2 Å². The second-order valence-corrected chi connectivity index (χ2v) is 3.14. The molecule has 0 fully saturated rings. The van der Waals surface area contributed by atoms with Crippen LogP contribution in [0.2, 0.25) is 0 Å². The molecule has 5 heteroatoms. The van der Waals surface area contributed by atoms with E-state index >= 15 is 0 Å². The lowest BCUT2D eigenvalue weighted by Crippen LogP contribution is -2.17. The second kappa shape index (κ2) is 4.53. The van der Waals surface area contributed by atoms with Gasteiger partial charge in [-0.2, -0.15) is 0 Å². The van der Waals surface area contributed by atoms with Crippen molar-refractivity contribution in [3.63, 3.8) is 0 Å². The maximum Gasteiger partial charge on any atom is 0.573 e. The van der Waals surface area contributed by atoms with Gasteiger partial charge in [-0.05, 0) is 24.1 Å². The number of benzene rings is 1. The van der Waals surface area contributed by atoms with Crippen molar-refractivity contribution in [2.45, 2.75) is 25.7 Å². The predicted octanol–water partition coefficient (Wildman–Crippen LogP) is 3.00. The Morgan fingerprint density at radius 3 is 2.60 bits per heavy atom. The Kier molecular flexibility index (Phi) is 3.57. The molecule has 0 saturated heterocycles. The zero-order valence-electron chi connectivity index (χ0n) is 8.21. The Morgan fingerprint density at radius 1 is 1.40 bits per heavy atom. The summed E-state index contributed by atoms with van der Waals surface area (Å²) in [6, 6.07) is 5.46. The molecule has 0 spiro atoms. The standard InChI is InChI=1S/C10H12F3NO/c1-2-9(14)7-4-3-5-8(6-7)15-10(11,12)13/h3-6,9H,2,14H2,1H3/t9-/m1/s1. The Morgan fingerprint density at radius 2 is 2.07 bits per heavy atom. The van der Waals surface area contributed by atoms with Crippen LogP contribution in [0.4, 0.5) is 13.2 Å². The first-order valence-corrected chi connectivity index (χ1v) is 4.53. The summed E-state index contributed by atoms with van der Waals surface area (Å²) in [7, 11) is 0. The van der Waals surface area contributed by atoms with Crippen LogP contribution in [0.1, 0.15) is 24.9 Å². The monoisotopic (exact) mass is 219 g/mol. The van der Waals surface area contributed by atoms with Crippen molar-refractivity contribution in [2.75, 3.05) is 0 Å². The molecule has 15 heavy (non-hydrogen) atoms. The highest BCUT2D eigenvalue weighted by atomic mass is 19.4. The summed E-state index contributed by atoms with van der Waals surface area (Å²) in [6.45, 7) is 1.86. The summed E-state index contributed by atoms with van der Waals surface area (Å²) in [5.41, 5.74) is 6.33. The first-order valence-electron chi connectivity index (χ1n) is 4.53. The molecule has 0 amide bonds. The van der Waals surface area contributed by atoms with Crippen molar-refractivity contribution >= 4 is 0 Å². The van der Waals surface area contributed by atoms with Gasteiger partial charge in [-0.25, -0.2) is 0 Å². The van der Waals surface area contributed by atoms with E-state index in [-0.39, 0.29) is 11.8 Å². The number of nitrogens with two attached hydrogens (primary N) is 1. The van der Waals surface area contributed by atoms with Gasteiger partial charge in [-0.3, -0.25) is 0 Å². The van der Waals surface area contributed by atoms with E-state index in [0.717, 1.165) is 0 Å². The van der Waals surface area contributed by atoms with Crippen molar-refractivity contribution in [1.29, 1.82) is 0 Å². The minimum Gasteiger partial charge on any atom is -0.406 e. The zero-order valence-corrected chi connectivity index (χ0v) is 8.21. The summed E-state index contributed by atoms with van der Waals surface area (Å²) in [6.07, 6.45) is -4.00. The van der Waals surface area contributed by atoms with Crippen molar-refractivity contribution in [3.05, 3.63) is 29.8 Å². The molecule has 0 heterocycles. The number of halogens is 3. The topological polar surface area (TPSA) is 35.2 Å². The fourth-order valence-electron chi connectivity index (χ4n) is 1.18. The molecule has 2 N–H and O–H groups in total. The highest BCUT2D eigenvalue weighted by Crippen LogP contribution is 2.25. The van der Waals surface area contributed by atoms with Crippen LogP contribution in [0.25, 0.3) is 0 Å². The van der Waals surface area contributed by atoms with Crippen LogP contribution in [-0.2, 0) is 0 Å². The Labute approximate surface area is 85.8 Å². The van der Waals surface area contributed by atoms with Gasteiger partial charge in [0.25, 0.3) is 0 Å². The molecular weight excluding hydrogens is 207 g/mol. The van der Waals surface area contributed by atoms with Gasteiger partial charge < -0.3 is 10.5 Å². The lowest BCUT2D eigenvalue weighted by molar-refractivity contribution is -0.274. The summed E-state index contributed by atoms with van der Waals surface area (Å²) in [5, 5.41) is 0. The van der Waals surface area contributed by atoms with Crippen molar-refractivity contribution in [3.8, 4) is 5.75 Å². The van der Waals surface area contributed by atoms with Crippen molar-refractivity contribution in [1.82, 2.24) is 0 Å². The molecule has 1 rings (SSSR count). The third-order valence-electron chi connectivity index (χ3n) is 1.96. The van der Waals surface area contributed by atoms with E-state index in [9.17, 15) is 13.2 Å². The van der Waals surface area contributed by atoms with Crippen LogP contribution in [0.15, 0.2) is 24.3 Å². The van der Waals surface area contributed by atoms with Crippen LogP contribution < -0.4 is 10.5 Å². The maximum atomic E-state index is 11.9. The summed E-state index contributed by atoms with van der Waals surface area (Å²) < 4.78 is 39.5. The third kappa shape index (κ3) is 3.79. The van der Waals surface area contributed by atoms with E-state index < -0.39 is 6.36 Å². The Hall–Kier alpha value is -1.23. The number of hydrogen-bond donors (Lipinski definition) is 1. The van der Waals surface area contributed by atoms with Gasteiger partial charge in [0, 0.05) is 6.04 Å². The van der Waals surface area contributed by atoms with Crippen LogP contribution in [-0.4, -0.2) is 6.36 Å². The number of alkyl halides is 3. The lowest BCUT2D eigenvalue weighted by Gasteiger charge is -2.12. The smallest absolute Gasteiger partial charge is 0.406 e. The number of ether oxygens (including phenoxy) is 1. The average Bonchev–Trinajstić information content (AvgIpc) is 2.14. The summed E-state index contributed by atoms with van der Waals surface area (Å²) >= 11 is 0. The lowest BCUT2D eigenvalue weighted by atomic mass is 10.1. The summed E-state index contributed by atoms with van der Waals surface area (Å²) in [5.74, 6) is -0.232. The van der Waals surface area contributed by atoms with Crippen molar-refractivity contribution in [2.24, 2.45) is 5.73 Å². The molecule has 0 aromatic heterocycles. The van der Waals surface area contributed by atoms with Gasteiger partial charge in [0.1, 0.15) is 5.75 Å². The second-order valence-electron chi connectivity index (χ2n) is 3.14. The first kappa shape index (κ1) is 11.8. The molecule has 1 atom stereocenters. The molecule has 1 aromatic carbocycles. The zero-order chi connectivity index (χ0) is 11.5. The molecule has 0 saturated carbocycles. The summed E-state index contributed by atoms with van der Waals surface area (Å²) in [4.78, 5) is 0. The van der Waals surface area contributed by atoms with E-state index in [1.54, 1.807) is 6.07 Å². The first-order chi connectivity index (χ1) is 6.92. The molecule has 0 aliphatic carbocycles. The highest BCUT2D eigenvalue weighted by Gasteiger charge is 2.31. The van der Waals surface area contributed by atoms with Gasteiger partial charge in [0.05, 0.1) is 0 Å². The minimum atomic E-state index is -4.66. The fourth-order valence-corrected chi connectivity index (χ4v) is 1.18. The van der Waals surface area contributed by atoms with E-state index in [1.807, 2.05) is 6.92 Å². The van der Waals surface area contributed by atoms with Gasteiger partial charge in [-0.1, -0.05) is 19.1 Å². The minimum absolute atomic E-state index is 0.232. The van der Waals surface area contributed by atoms with Gasteiger partial charge in [0.15, 0.2) is 0 Å². The molecular formula is C10H12F3NO. The number of hydrogen-bond acceptors (Lipinski definition) is 2. The van der Waals surface area contributed by atoms with E-state index in [4.69, 9.17) is 5.73 Å². The number of rotatable bonds is 3. The molecule has 1 aromatic rings. The molecule has 0 aliphatic rings.